The van der Waals surface area contributed by atoms with Gasteiger partial charge in [-0.2, -0.15) is 0 Å². The van der Waals surface area contributed by atoms with Crippen LogP contribution >= 0.6 is 0 Å². The van der Waals surface area contributed by atoms with Crippen LogP contribution in [0.25, 0.3) is 0 Å². The van der Waals surface area contributed by atoms with Crippen molar-refractivity contribution in [2.75, 3.05) is 18.0 Å². The van der Waals surface area contributed by atoms with Crippen molar-refractivity contribution >= 4 is 5.82 Å². The number of hydrogen-bond acceptors (Lipinski definition) is 5. The van der Waals surface area contributed by atoms with Gasteiger partial charge >= 0.3 is 0 Å². The van der Waals surface area contributed by atoms with Crippen molar-refractivity contribution in [3.05, 3.63) is 52.8 Å². The number of pyridine rings is 1. The predicted molar refractivity (Wildman–Crippen MR) is 97.5 cm³/mol. The molecule has 0 aromatic carbocycles. The number of likely N-dealkylation sites (tertiary alicyclic amines) is 1. The lowest BCUT2D eigenvalue weighted by Crippen LogP contribution is -2.46. The van der Waals surface area contributed by atoms with Crippen LogP contribution in [-0.2, 0) is 13.6 Å². The molecule has 1 saturated carbocycles. The molecule has 0 N–H and O–H groups in total. The average Bonchev–Trinajstić information content (AvgIpc) is 3.47. The first-order chi connectivity index (χ1) is 12.2. The zero-order valence-corrected chi connectivity index (χ0v) is 14.7. The highest BCUT2D eigenvalue weighted by molar-refractivity contribution is 5.41. The highest BCUT2D eigenvalue weighted by atomic mass is 16.1. The second-order valence-electron chi connectivity index (χ2n) is 7.13. The van der Waals surface area contributed by atoms with Gasteiger partial charge < -0.3 is 9.47 Å². The molecule has 1 aliphatic carbocycles. The quantitative estimate of drug-likeness (QED) is 0.831. The monoisotopic (exact) mass is 339 g/mol. The van der Waals surface area contributed by atoms with E-state index in [-0.39, 0.29) is 5.56 Å². The maximum absolute atomic E-state index is 11.8. The van der Waals surface area contributed by atoms with Crippen LogP contribution in [0.2, 0.25) is 0 Å². The lowest BCUT2D eigenvalue weighted by molar-refractivity contribution is 0.196. The van der Waals surface area contributed by atoms with Crippen molar-refractivity contribution in [1.29, 1.82) is 0 Å². The Labute approximate surface area is 148 Å². The fraction of sp³-hybridized carbons (Fsp3) is 0.526. The molecule has 0 unspecified atom stereocenters. The lowest BCUT2D eigenvalue weighted by atomic mass is 10.0. The van der Waals surface area contributed by atoms with Gasteiger partial charge in [0, 0.05) is 56.7 Å². The summed E-state index contributed by atoms with van der Waals surface area (Å²) in [6.07, 6.45) is 8.31. The van der Waals surface area contributed by atoms with E-state index in [4.69, 9.17) is 0 Å². The summed E-state index contributed by atoms with van der Waals surface area (Å²) in [5.41, 5.74) is 1.15. The first-order valence-electron chi connectivity index (χ1n) is 9.14. The molecular weight excluding hydrogens is 314 g/mol. The van der Waals surface area contributed by atoms with Gasteiger partial charge in [0.15, 0.2) is 0 Å². The molecule has 1 aliphatic heterocycles. The van der Waals surface area contributed by atoms with Gasteiger partial charge in [0.1, 0.15) is 12.1 Å². The molecule has 0 bridgehead atoms. The van der Waals surface area contributed by atoms with Crippen molar-refractivity contribution in [2.24, 2.45) is 7.05 Å². The summed E-state index contributed by atoms with van der Waals surface area (Å²) in [6.45, 7) is 2.96. The summed E-state index contributed by atoms with van der Waals surface area (Å²) in [6, 6.07) is 8.76. The molecule has 2 fully saturated rings. The van der Waals surface area contributed by atoms with Crippen LogP contribution in [0, 0.1) is 0 Å². The number of hydrogen-bond donors (Lipinski definition) is 0. The predicted octanol–water partition coefficient (Wildman–Crippen LogP) is 1.81. The van der Waals surface area contributed by atoms with E-state index in [2.05, 4.69) is 19.8 Å². The highest BCUT2D eigenvalue weighted by Crippen LogP contribution is 2.35. The molecule has 6 heteroatoms. The average molecular weight is 339 g/mol. The molecule has 3 heterocycles. The number of anilines is 1. The second kappa shape index (κ2) is 6.96. The van der Waals surface area contributed by atoms with E-state index in [0.717, 1.165) is 44.0 Å². The SMILES string of the molecule is Cn1c(CN2CCC(N(c3ccncn3)C3CC3)CC2)cccc1=O. The molecule has 0 radical (unpaired) electrons. The number of aromatic nitrogens is 3. The summed E-state index contributed by atoms with van der Waals surface area (Å²) in [4.78, 5) is 25.3. The molecule has 25 heavy (non-hydrogen) atoms. The molecule has 6 nitrogen and oxygen atoms in total. The topological polar surface area (TPSA) is 54.3 Å². The molecule has 0 spiro atoms. The van der Waals surface area contributed by atoms with Gasteiger partial charge in [-0.3, -0.25) is 9.69 Å². The van der Waals surface area contributed by atoms with Gasteiger partial charge in [-0.1, -0.05) is 6.07 Å². The largest absolute Gasteiger partial charge is 0.350 e. The van der Waals surface area contributed by atoms with Crippen LogP contribution in [0.1, 0.15) is 31.4 Å². The van der Waals surface area contributed by atoms with E-state index >= 15 is 0 Å². The van der Waals surface area contributed by atoms with Gasteiger partial charge in [0.25, 0.3) is 0 Å². The van der Waals surface area contributed by atoms with Crippen molar-refractivity contribution in [2.45, 2.75) is 44.3 Å². The fourth-order valence-corrected chi connectivity index (χ4v) is 3.81. The highest BCUT2D eigenvalue weighted by Gasteiger charge is 2.36. The fourth-order valence-electron chi connectivity index (χ4n) is 3.81. The molecule has 2 aliphatic rings. The van der Waals surface area contributed by atoms with Gasteiger partial charge in [-0.15, -0.1) is 0 Å². The molecule has 2 aromatic heterocycles. The first kappa shape index (κ1) is 16.3. The van der Waals surface area contributed by atoms with E-state index in [1.54, 1.807) is 17.0 Å². The van der Waals surface area contributed by atoms with Crippen LogP contribution in [0.5, 0.6) is 0 Å². The smallest absolute Gasteiger partial charge is 0.250 e. The zero-order chi connectivity index (χ0) is 17.2. The van der Waals surface area contributed by atoms with Crippen LogP contribution in [0.15, 0.2) is 41.6 Å². The second-order valence-corrected chi connectivity index (χ2v) is 7.13. The van der Waals surface area contributed by atoms with Crippen molar-refractivity contribution in [3.8, 4) is 0 Å². The Morgan fingerprint density at radius 1 is 1.12 bits per heavy atom. The molecular formula is C19H25N5O. The maximum Gasteiger partial charge on any atom is 0.250 e. The van der Waals surface area contributed by atoms with Crippen molar-refractivity contribution < 1.29 is 0 Å². The summed E-state index contributed by atoms with van der Waals surface area (Å²) in [5.74, 6) is 1.07. The summed E-state index contributed by atoms with van der Waals surface area (Å²) < 4.78 is 1.75. The van der Waals surface area contributed by atoms with E-state index in [0.29, 0.717) is 12.1 Å². The molecule has 2 aromatic rings. The number of piperidine rings is 1. The third kappa shape index (κ3) is 3.58. The zero-order valence-electron chi connectivity index (χ0n) is 14.7. The van der Waals surface area contributed by atoms with Crippen LogP contribution < -0.4 is 10.5 Å². The van der Waals surface area contributed by atoms with Crippen molar-refractivity contribution in [3.63, 3.8) is 0 Å². The Balaban J connectivity index is 1.41. The van der Waals surface area contributed by atoms with Crippen LogP contribution in [0.3, 0.4) is 0 Å². The van der Waals surface area contributed by atoms with Crippen LogP contribution in [0.4, 0.5) is 5.82 Å². The lowest BCUT2D eigenvalue weighted by Gasteiger charge is -2.39. The first-order valence-corrected chi connectivity index (χ1v) is 9.14. The van der Waals surface area contributed by atoms with Gasteiger partial charge in [-0.05, 0) is 37.8 Å². The number of rotatable bonds is 5. The molecule has 0 amide bonds. The minimum Gasteiger partial charge on any atom is -0.350 e. The van der Waals surface area contributed by atoms with E-state index in [1.807, 2.05) is 31.4 Å². The Bertz CT molecular complexity index is 763. The maximum atomic E-state index is 11.8. The Morgan fingerprint density at radius 3 is 2.56 bits per heavy atom. The molecule has 1 saturated heterocycles. The van der Waals surface area contributed by atoms with E-state index < -0.39 is 0 Å². The minimum absolute atomic E-state index is 0.0658. The van der Waals surface area contributed by atoms with E-state index in [1.165, 1.54) is 12.8 Å². The Morgan fingerprint density at radius 2 is 1.88 bits per heavy atom. The van der Waals surface area contributed by atoms with Crippen molar-refractivity contribution in [1.82, 2.24) is 19.4 Å². The molecule has 0 atom stereocenters. The number of nitrogens with zero attached hydrogens (tertiary/aromatic N) is 5. The normalized spacial score (nSPS) is 19.1. The molecule has 132 valence electrons. The Hall–Kier alpha value is -2.21. The third-order valence-corrected chi connectivity index (χ3v) is 5.40. The van der Waals surface area contributed by atoms with Gasteiger partial charge in [0.05, 0.1) is 0 Å². The minimum atomic E-state index is 0.0658. The van der Waals surface area contributed by atoms with Crippen LogP contribution in [-0.4, -0.2) is 44.6 Å². The van der Waals surface area contributed by atoms with Gasteiger partial charge in [0.2, 0.25) is 5.56 Å². The standard InChI is InChI=1S/C19H25N5O/c1-22-17(3-2-4-19(22)25)13-23-11-8-16(9-12-23)24(15-5-6-15)18-7-10-20-14-21-18/h2-4,7,10,14-16H,5-6,8-9,11-13H2,1H3. The Kier molecular flexibility index (Phi) is 4.53. The summed E-state index contributed by atoms with van der Waals surface area (Å²) in [7, 11) is 1.86. The molecule has 4 rings (SSSR count). The van der Waals surface area contributed by atoms with E-state index in [9.17, 15) is 4.79 Å². The van der Waals surface area contributed by atoms with Gasteiger partial charge in [-0.25, -0.2) is 9.97 Å². The summed E-state index contributed by atoms with van der Waals surface area (Å²) >= 11 is 0. The summed E-state index contributed by atoms with van der Waals surface area (Å²) in [5, 5.41) is 0. The third-order valence-electron chi connectivity index (χ3n) is 5.40.